The second kappa shape index (κ2) is 11.6. The Morgan fingerprint density at radius 1 is 0.882 bits per heavy atom. The molecule has 0 unspecified atom stereocenters. The van der Waals surface area contributed by atoms with Crippen LogP contribution in [0.15, 0.2) is 34.9 Å². The van der Waals surface area contributed by atoms with Gasteiger partial charge in [0.1, 0.15) is 0 Å². The van der Waals surface area contributed by atoms with E-state index in [1.54, 1.807) is 13.0 Å². The van der Waals surface area contributed by atoms with Gasteiger partial charge >= 0.3 is 5.97 Å². The van der Waals surface area contributed by atoms with Crippen LogP contribution < -0.4 is 0 Å². The van der Waals surface area contributed by atoms with Crippen LogP contribution >= 0.6 is 0 Å². The van der Waals surface area contributed by atoms with Gasteiger partial charge in [0, 0.05) is 5.57 Å². The number of aliphatic hydroxyl groups excluding tert-OH is 1. The lowest BCUT2D eigenvalue weighted by Gasteiger charge is -2.62. The Bertz CT molecular complexity index is 801. The highest BCUT2D eigenvalue weighted by atomic mass is 16.4. The SMILES string of the molecule is C/C(=C\CC/C(C)=C/CC[C@@H]1[C@@]2(C)CC[C@H](O)C(C)(C)[C@H]2CC[C@@]1(C)O)CC/C=C(\C)C(=O)O. The molecule has 0 saturated heterocycles. The molecule has 4 nitrogen and oxygen atoms in total. The van der Waals surface area contributed by atoms with Crippen LogP contribution in [-0.4, -0.2) is 33.0 Å². The molecule has 2 saturated carbocycles. The first-order valence-corrected chi connectivity index (χ1v) is 13.3. The minimum Gasteiger partial charge on any atom is -0.478 e. The van der Waals surface area contributed by atoms with Gasteiger partial charge in [-0.15, -0.1) is 0 Å². The number of rotatable bonds is 10. The van der Waals surface area contributed by atoms with Crippen molar-refractivity contribution in [2.45, 2.75) is 124 Å². The van der Waals surface area contributed by atoms with Crippen LogP contribution in [0.5, 0.6) is 0 Å². The molecule has 2 aliphatic rings. The zero-order chi connectivity index (χ0) is 25.7. The molecule has 3 N–H and O–H groups in total. The van der Waals surface area contributed by atoms with Crippen molar-refractivity contribution in [3.05, 3.63) is 34.9 Å². The number of carboxylic acids is 1. The van der Waals surface area contributed by atoms with Gasteiger partial charge < -0.3 is 15.3 Å². The lowest BCUT2D eigenvalue weighted by atomic mass is 9.44. The molecule has 0 spiro atoms. The summed E-state index contributed by atoms with van der Waals surface area (Å²) in [6.45, 7) is 14.8. The van der Waals surface area contributed by atoms with Gasteiger partial charge in [-0.1, -0.05) is 50.1 Å². The van der Waals surface area contributed by atoms with E-state index in [9.17, 15) is 15.0 Å². The van der Waals surface area contributed by atoms with Gasteiger partial charge in [-0.3, -0.25) is 0 Å². The lowest BCUT2D eigenvalue weighted by molar-refractivity contribution is -0.195. The summed E-state index contributed by atoms with van der Waals surface area (Å²) in [6, 6.07) is 0. The Morgan fingerprint density at radius 2 is 1.44 bits per heavy atom. The third-order valence-corrected chi connectivity index (χ3v) is 9.30. The van der Waals surface area contributed by atoms with Gasteiger partial charge in [0.05, 0.1) is 11.7 Å². The Morgan fingerprint density at radius 3 is 2.03 bits per heavy atom. The van der Waals surface area contributed by atoms with Gasteiger partial charge in [-0.2, -0.15) is 0 Å². The van der Waals surface area contributed by atoms with Crippen molar-refractivity contribution in [2.24, 2.45) is 22.7 Å². The summed E-state index contributed by atoms with van der Waals surface area (Å²) in [6.07, 6.45) is 15.5. The molecule has 0 aromatic rings. The topological polar surface area (TPSA) is 77.8 Å². The maximum absolute atomic E-state index is 11.4. The van der Waals surface area contributed by atoms with Crippen molar-refractivity contribution < 1.29 is 20.1 Å². The van der Waals surface area contributed by atoms with E-state index in [0.717, 1.165) is 64.2 Å². The molecule has 0 amide bonds. The average Bonchev–Trinajstić information content (AvgIpc) is 2.72. The highest BCUT2D eigenvalue weighted by molar-refractivity contribution is 5.85. The fourth-order valence-electron chi connectivity index (χ4n) is 7.01. The number of aliphatic hydroxyl groups is 2. The molecule has 5 atom stereocenters. The molecule has 34 heavy (non-hydrogen) atoms. The van der Waals surface area contributed by atoms with E-state index in [2.05, 4.69) is 46.8 Å². The van der Waals surface area contributed by atoms with Crippen molar-refractivity contribution in [3.63, 3.8) is 0 Å². The Labute approximate surface area is 208 Å². The molecular weight excluding hydrogens is 424 g/mol. The smallest absolute Gasteiger partial charge is 0.330 e. The fraction of sp³-hybridized carbons (Fsp3) is 0.767. The van der Waals surface area contributed by atoms with Crippen LogP contribution in [0.1, 0.15) is 113 Å². The minimum absolute atomic E-state index is 0.0690. The number of hydrogen-bond acceptors (Lipinski definition) is 3. The lowest BCUT2D eigenvalue weighted by Crippen LogP contribution is -2.60. The van der Waals surface area contributed by atoms with Crippen LogP contribution in [0, 0.1) is 22.7 Å². The molecule has 2 aliphatic carbocycles. The number of fused-ring (bicyclic) bond motifs is 1. The molecule has 0 heterocycles. The Balaban J connectivity index is 1.91. The van der Waals surface area contributed by atoms with Crippen molar-refractivity contribution in [1.82, 2.24) is 0 Å². The summed E-state index contributed by atoms with van der Waals surface area (Å²) in [4.78, 5) is 10.9. The Hall–Kier alpha value is -1.39. The van der Waals surface area contributed by atoms with Crippen molar-refractivity contribution in [2.75, 3.05) is 0 Å². The summed E-state index contributed by atoms with van der Waals surface area (Å²) in [7, 11) is 0. The standard InChI is InChI=1S/C30H50O4/c1-21(13-9-15-23(3)27(32)33)11-8-12-22(2)14-10-16-25-29(6)19-18-26(31)28(4,5)24(29)17-20-30(25,7)34/h11,14-15,24-26,31,34H,8-10,12-13,16-20H2,1-7H3,(H,32,33)/b21-11+,22-14+,23-15+/t24-,25-,26+,29+,30-/m1/s1. The maximum Gasteiger partial charge on any atom is 0.330 e. The summed E-state index contributed by atoms with van der Waals surface area (Å²) in [5, 5.41) is 30.9. The van der Waals surface area contributed by atoms with Gasteiger partial charge in [0.2, 0.25) is 0 Å². The van der Waals surface area contributed by atoms with Crippen LogP contribution in [-0.2, 0) is 4.79 Å². The number of allylic oxidation sites excluding steroid dienone is 5. The quantitative estimate of drug-likeness (QED) is 0.231. The first-order chi connectivity index (χ1) is 15.7. The highest BCUT2D eigenvalue weighted by Gasteiger charge is 2.59. The van der Waals surface area contributed by atoms with Gasteiger partial charge in [-0.05, 0) is 115 Å². The zero-order valence-electron chi connectivity index (χ0n) is 22.8. The fourth-order valence-corrected chi connectivity index (χ4v) is 7.01. The number of aliphatic carboxylic acids is 1. The molecule has 2 fully saturated rings. The monoisotopic (exact) mass is 474 g/mol. The van der Waals surface area contributed by atoms with Crippen LogP contribution in [0.3, 0.4) is 0 Å². The predicted octanol–water partition coefficient (Wildman–Crippen LogP) is 7.21. The van der Waals surface area contributed by atoms with Gasteiger partial charge in [-0.25, -0.2) is 4.79 Å². The molecular formula is C30H50O4. The average molecular weight is 475 g/mol. The molecule has 0 aromatic heterocycles. The highest BCUT2D eigenvalue weighted by Crippen LogP contribution is 2.62. The normalized spacial score (nSPS) is 34.6. The second-order valence-corrected chi connectivity index (χ2v) is 12.3. The number of carboxylic acid groups (broad SMARTS) is 1. The van der Waals surface area contributed by atoms with Crippen molar-refractivity contribution in [3.8, 4) is 0 Å². The maximum atomic E-state index is 11.4. The first kappa shape index (κ1) is 28.8. The van der Waals surface area contributed by atoms with E-state index in [1.165, 1.54) is 11.1 Å². The van der Waals surface area contributed by atoms with E-state index in [1.807, 2.05) is 6.92 Å². The first-order valence-electron chi connectivity index (χ1n) is 13.3. The minimum atomic E-state index is -0.841. The van der Waals surface area contributed by atoms with Gasteiger partial charge in [0.15, 0.2) is 0 Å². The molecule has 0 bridgehead atoms. The molecule has 4 heteroatoms. The van der Waals surface area contributed by atoms with E-state index in [0.29, 0.717) is 11.5 Å². The molecule has 194 valence electrons. The van der Waals surface area contributed by atoms with Gasteiger partial charge in [0.25, 0.3) is 0 Å². The predicted molar refractivity (Wildman–Crippen MR) is 141 cm³/mol. The zero-order valence-corrected chi connectivity index (χ0v) is 22.8. The van der Waals surface area contributed by atoms with Crippen LogP contribution in [0.4, 0.5) is 0 Å². The third-order valence-electron chi connectivity index (χ3n) is 9.30. The van der Waals surface area contributed by atoms with E-state index in [4.69, 9.17) is 5.11 Å². The summed E-state index contributed by atoms with van der Waals surface area (Å²) in [5.74, 6) is -0.147. The number of carbonyl (C=O) groups is 1. The summed E-state index contributed by atoms with van der Waals surface area (Å²) in [5.41, 5.74) is 2.44. The van der Waals surface area contributed by atoms with E-state index >= 15 is 0 Å². The largest absolute Gasteiger partial charge is 0.478 e. The van der Waals surface area contributed by atoms with E-state index < -0.39 is 11.6 Å². The summed E-state index contributed by atoms with van der Waals surface area (Å²) < 4.78 is 0. The van der Waals surface area contributed by atoms with Crippen LogP contribution in [0.2, 0.25) is 0 Å². The Kier molecular flexibility index (Phi) is 9.81. The third kappa shape index (κ3) is 6.85. The molecule has 0 radical (unpaired) electrons. The number of hydrogen-bond donors (Lipinski definition) is 3. The van der Waals surface area contributed by atoms with Crippen molar-refractivity contribution >= 4 is 5.97 Å². The molecule has 0 aromatic carbocycles. The molecule has 2 rings (SSSR count). The summed E-state index contributed by atoms with van der Waals surface area (Å²) >= 11 is 0. The van der Waals surface area contributed by atoms with E-state index in [-0.39, 0.29) is 22.9 Å². The second-order valence-electron chi connectivity index (χ2n) is 12.3. The van der Waals surface area contributed by atoms with Crippen molar-refractivity contribution in [1.29, 1.82) is 0 Å². The van der Waals surface area contributed by atoms with Crippen LogP contribution in [0.25, 0.3) is 0 Å². The molecule has 0 aliphatic heterocycles.